The molecule has 14 heteroatoms. The first-order chi connectivity index (χ1) is 12.3. The Bertz CT molecular complexity index is 903. The second-order valence-corrected chi connectivity index (χ2v) is 5.81. The number of amides is 1. The van der Waals surface area contributed by atoms with Crippen LogP contribution >= 0.6 is 35.4 Å². The predicted molar refractivity (Wildman–Crippen MR) is 86.4 cm³/mol. The fraction of sp³-hybridized carbons (Fsp3) is 0.154. The van der Waals surface area contributed by atoms with E-state index in [0.717, 1.165) is 0 Å². The highest BCUT2D eigenvalue weighted by atomic mass is 35.5. The lowest BCUT2D eigenvalue weighted by atomic mass is 10.2. The van der Waals surface area contributed by atoms with Crippen LogP contribution < -0.4 is 10.5 Å². The predicted octanol–water partition coefficient (Wildman–Crippen LogP) is 4.65. The normalized spacial score (nSPS) is 12.1. The highest BCUT2D eigenvalue weighted by Gasteiger charge is 2.44. The number of nitrogens with two attached hydrogens (primary N) is 1. The van der Waals surface area contributed by atoms with Crippen LogP contribution in [0.2, 0.25) is 10.0 Å². The third kappa shape index (κ3) is 4.12. The summed E-state index contributed by atoms with van der Waals surface area (Å²) in [7, 11) is 0. The molecule has 0 saturated carbocycles. The van der Waals surface area contributed by atoms with E-state index in [4.69, 9.17) is 28.9 Å². The monoisotopic (exact) mass is 451 g/mol. The largest absolute Gasteiger partial charge is 0.434 e. The standard InChI is InChI=1S/C13H5Cl2F6N3O2S/c14-5-1-4(12(16,17)18)2-6(15)9(5)24-11(26-3-27)7(13(19,20)21)8(23-24)10(22)25/h1-3H,(H2,22,25). The van der Waals surface area contributed by atoms with Gasteiger partial charge in [0, 0.05) is 0 Å². The number of hydrogen-bond donors (Lipinski definition) is 1. The smallest absolute Gasteiger partial charge is 0.423 e. The van der Waals surface area contributed by atoms with Gasteiger partial charge in [-0.2, -0.15) is 36.1 Å². The molecule has 1 heterocycles. The number of nitrogens with zero attached hydrogens (tertiary/aromatic N) is 2. The van der Waals surface area contributed by atoms with Crippen LogP contribution in [0.3, 0.4) is 0 Å². The van der Waals surface area contributed by atoms with Crippen molar-refractivity contribution < 1.29 is 35.9 Å². The first-order valence-electron chi connectivity index (χ1n) is 6.46. The fourth-order valence-corrected chi connectivity index (χ4v) is 2.81. The Balaban J connectivity index is 2.87. The van der Waals surface area contributed by atoms with Crippen molar-refractivity contribution in [1.82, 2.24) is 9.78 Å². The molecule has 146 valence electrons. The van der Waals surface area contributed by atoms with Gasteiger partial charge >= 0.3 is 12.4 Å². The van der Waals surface area contributed by atoms with Crippen LogP contribution in [0.1, 0.15) is 21.6 Å². The van der Waals surface area contributed by atoms with Crippen LogP contribution in [0.25, 0.3) is 5.69 Å². The number of carbonyl (C=O) groups excluding carboxylic acids is 1. The molecule has 0 fully saturated rings. The number of alkyl halides is 6. The third-order valence-corrected chi connectivity index (χ3v) is 3.75. The molecule has 0 unspecified atom stereocenters. The highest BCUT2D eigenvalue weighted by molar-refractivity contribution is 7.78. The van der Waals surface area contributed by atoms with Gasteiger partial charge in [0.1, 0.15) is 5.69 Å². The summed E-state index contributed by atoms with van der Waals surface area (Å²) in [5, 5.41) is 1.94. The van der Waals surface area contributed by atoms with Gasteiger partial charge in [0.25, 0.3) is 5.91 Å². The minimum absolute atomic E-state index is 0.302. The fourth-order valence-electron chi connectivity index (χ4n) is 2.07. The summed E-state index contributed by atoms with van der Waals surface area (Å²) in [4.78, 5) is 11.4. The zero-order chi connectivity index (χ0) is 20.7. The maximum absolute atomic E-state index is 13.3. The Kier molecular flexibility index (Phi) is 5.64. The van der Waals surface area contributed by atoms with Crippen LogP contribution in [0.5, 0.6) is 5.88 Å². The molecular weight excluding hydrogens is 447 g/mol. The SMILES string of the molecule is NC(=O)c1nn(-c2c(Cl)cc(C(F)(F)F)cc2Cl)c(OC=S)c1C(F)(F)F. The molecule has 0 bridgehead atoms. The minimum Gasteiger partial charge on any atom is -0.434 e. The molecule has 1 aromatic heterocycles. The van der Waals surface area contributed by atoms with Gasteiger partial charge in [-0.15, -0.1) is 0 Å². The molecular formula is C13H5Cl2F6N3O2S. The molecule has 0 radical (unpaired) electrons. The first kappa shape index (κ1) is 21.3. The summed E-state index contributed by atoms with van der Waals surface area (Å²) in [5.41, 5.74) is 0.512. The lowest BCUT2D eigenvalue weighted by molar-refractivity contribution is -0.139. The number of thiocarbonyl (C=S) groups is 1. The Morgan fingerprint density at radius 1 is 1.15 bits per heavy atom. The van der Waals surface area contributed by atoms with Crippen molar-refractivity contribution in [3.8, 4) is 11.6 Å². The van der Waals surface area contributed by atoms with Crippen molar-refractivity contribution in [1.29, 1.82) is 0 Å². The van der Waals surface area contributed by atoms with E-state index in [2.05, 4.69) is 22.1 Å². The average Bonchev–Trinajstić information content (AvgIpc) is 2.85. The quantitative estimate of drug-likeness (QED) is 0.542. The molecule has 0 spiro atoms. The lowest BCUT2D eigenvalue weighted by Crippen LogP contribution is -2.18. The number of halogens is 8. The minimum atomic E-state index is -5.17. The molecule has 2 aromatic rings. The van der Waals surface area contributed by atoms with E-state index in [0.29, 0.717) is 22.4 Å². The van der Waals surface area contributed by atoms with Gasteiger partial charge in [-0.05, 0) is 24.4 Å². The summed E-state index contributed by atoms with van der Waals surface area (Å²) < 4.78 is 83.4. The van der Waals surface area contributed by atoms with Crippen LogP contribution in [0.4, 0.5) is 26.3 Å². The molecule has 2 N–H and O–H groups in total. The second-order valence-electron chi connectivity index (χ2n) is 4.80. The van der Waals surface area contributed by atoms with Crippen LogP contribution in [0.15, 0.2) is 12.1 Å². The summed E-state index contributed by atoms with van der Waals surface area (Å²) >= 11 is 15.9. The average molecular weight is 452 g/mol. The number of carbonyl (C=O) groups is 1. The Morgan fingerprint density at radius 3 is 2.04 bits per heavy atom. The van der Waals surface area contributed by atoms with E-state index in [1.807, 2.05) is 0 Å². The van der Waals surface area contributed by atoms with E-state index in [-0.39, 0.29) is 0 Å². The van der Waals surface area contributed by atoms with Gasteiger partial charge in [0.15, 0.2) is 16.8 Å². The second kappa shape index (κ2) is 7.17. The molecule has 2 rings (SSSR count). The maximum Gasteiger partial charge on any atom is 0.423 e. The van der Waals surface area contributed by atoms with Crippen LogP contribution in [-0.4, -0.2) is 21.2 Å². The molecule has 0 saturated heterocycles. The number of hydrogen-bond acceptors (Lipinski definition) is 4. The number of primary amides is 1. The summed E-state index contributed by atoms with van der Waals surface area (Å²) in [5.74, 6) is -2.72. The molecule has 5 nitrogen and oxygen atoms in total. The summed E-state index contributed by atoms with van der Waals surface area (Å²) in [6, 6.07) is 0.839. The van der Waals surface area contributed by atoms with Gasteiger partial charge in [0.05, 0.1) is 15.6 Å². The molecule has 27 heavy (non-hydrogen) atoms. The van der Waals surface area contributed by atoms with Crippen LogP contribution in [0, 0.1) is 0 Å². The van der Waals surface area contributed by atoms with Crippen LogP contribution in [-0.2, 0) is 12.4 Å². The van der Waals surface area contributed by atoms with Gasteiger partial charge in [-0.3, -0.25) is 4.79 Å². The lowest BCUT2D eigenvalue weighted by Gasteiger charge is -2.14. The Labute approximate surface area is 161 Å². The Morgan fingerprint density at radius 2 is 1.67 bits per heavy atom. The van der Waals surface area contributed by atoms with E-state index in [9.17, 15) is 31.1 Å². The van der Waals surface area contributed by atoms with E-state index >= 15 is 0 Å². The van der Waals surface area contributed by atoms with E-state index < -0.39 is 56.7 Å². The third-order valence-electron chi connectivity index (χ3n) is 3.08. The van der Waals surface area contributed by atoms with Crippen molar-refractivity contribution in [3.63, 3.8) is 0 Å². The first-order valence-corrected chi connectivity index (χ1v) is 7.68. The Hall–Kier alpha value is -2.05. The number of benzene rings is 1. The van der Waals surface area contributed by atoms with Gasteiger partial charge in [0.2, 0.25) is 5.88 Å². The highest BCUT2D eigenvalue weighted by Crippen LogP contribution is 2.43. The maximum atomic E-state index is 13.3. The van der Waals surface area contributed by atoms with Crippen molar-refractivity contribution in [2.24, 2.45) is 5.73 Å². The van der Waals surface area contributed by atoms with Gasteiger partial charge in [-0.25, -0.2) is 0 Å². The number of ether oxygens (including phenoxy) is 1. The van der Waals surface area contributed by atoms with Crippen molar-refractivity contribution in [3.05, 3.63) is 39.0 Å². The zero-order valence-electron chi connectivity index (χ0n) is 12.5. The number of aromatic nitrogens is 2. The molecule has 0 aliphatic rings. The molecule has 0 aliphatic heterocycles. The number of rotatable bonds is 4. The van der Waals surface area contributed by atoms with Gasteiger partial charge < -0.3 is 10.5 Å². The molecule has 0 atom stereocenters. The zero-order valence-corrected chi connectivity index (χ0v) is 14.8. The van der Waals surface area contributed by atoms with Crippen molar-refractivity contribution in [2.75, 3.05) is 0 Å². The van der Waals surface area contributed by atoms with E-state index in [1.54, 1.807) is 0 Å². The topological polar surface area (TPSA) is 70.1 Å². The van der Waals surface area contributed by atoms with Crippen molar-refractivity contribution >= 4 is 46.9 Å². The van der Waals surface area contributed by atoms with Crippen molar-refractivity contribution in [2.45, 2.75) is 12.4 Å². The van der Waals surface area contributed by atoms with Gasteiger partial charge in [-0.1, -0.05) is 23.2 Å². The molecule has 0 aliphatic carbocycles. The summed E-state index contributed by atoms with van der Waals surface area (Å²) in [6.07, 6.45) is -9.99. The molecule has 1 aromatic carbocycles. The summed E-state index contributed by atoms with van der Waals surface area (Å²) in [6.45, 7) is 0. The molecule has 1 amide bonds. The van der Waals surface area contributed by atoms with E-state index in [1.165, 1.54) is 0 Å².